The van der Waals surface area contributed by atoms with Crippen LogP contribution < -0.4 is 5.32 Å². The second-order valence-electron chi connectivity index (χ2n) is 3.16. The molecule has 0 bridgehead atoms. The van der Waals surface area contributed by atoms with E-state index in [-0.39, 0.29) is 11.2 Å². The molecule has 1 heterocycles. The maximum absolute atomic E-state index is 5.95. The first-order valence-electron chi connectivity index (χ1n) is 4.43. The highest BCUT2D eigenvalue weighted by Gasteiger charge is 2.09. The quantitative estimate of drug-likeness (QED) is 0.644. The Morgan fingerprint density at radius 3 is 2.73 bits per heavy atom. The molecule has 1 unspecified atom stereocenters. The number of anilines is 1. The minimum atomic E-state index is 0.199. The van der Waals surface area contributed by atoms with Gasteiger partial charge in [-0.1, -0.05) is 40.9 Å². The summed E-state index contributed by atoms with van der Waals surface area (Å²) < 4.78 is 0. The number of hydrogen-bond donors (Lipinski definition) is 1. The van der Waals surface area contributed by atoms with Crippen molar-refractivity contribution in [3.8, 4) is 0 Å². The lowest BCUT2D eigenvalue weighted by Gasteiger charge is -2.14. The fourth-order valence-corrected chi connectivity index (χ4v) is 1.64. The fraction of sp³-hybridized carbons (Fsp3) is 0.300. The molecule has 0 fully saturated rings. The van der Waals surface area contributed by atoms with Gasteiger partial charge in [-0.2, -0.15) is 0 Å². The van der Waals surface area contributed by atoms with E-state index in [4.69, 9.17) is 34.8 Å². The van der Waals surface area contributed by atoms with E-state index in [9.17, 15) is 0 Å². The van der Waals surface area contributed by atoms with Crippen molar-refractivity contribution in [3.63, 3.8) is 0 Å². The molecule has 15 heavy (non-hydrogen) atoms. The number of nitrogens with zero attached hydrogens (tertiary/aromatic N) is 1. The van der Waals surface area contributed by atoms with Crippen molar-refractivity contribution in [1.82, 2.24) is 4.98 Å². The molecule has 0 aliphatic heterocycles. The maximum atomic E-state index is 5.95. The molecule has 0 aromatic carbocycles. The van der Waals surface area contributed by atoms with Crippen LogP contribution in [0.15, 0.2) is 18.7 Å². The van der Waals surface area contributed by atoms with Gasteiger partial charge in [0.1, 0.15) is 11.0 Å². The lowest BCUT2D eigenvalue weighted by molar-refractivity contribution is 0.808. The van der Waals surface area contributed by atoms with Crippen molar-refractivity contribution in [3.05, 3.63) is 33.9 Å². The standard InChI is InChI=1S/C10H11Cl3N2/c1-3-4-6(2)14-10-8(12)5-7(11)9(13)15-10/h3,5-6H,1,4H2,2H3,(H,14,15). The largest absolute Gasteiger partial charge is 0.366 e. The molecule has 1 aromatic rings. The van der Waals surface area contributed by atoms with Crippen LogP contribution in [0.3, 0.4) is 0 Å². The van der Waals surface area contributed by atoms with Crippen LogP contribution in [0.25, 0.3) is 0 Å². The Bertz CT molecular complexity index is 366. The molecule has 0 aliphatic carbocycles. The van der Waals surface area contributed by atoms with Crippen molar-refractivity contribution in [1.29, 1.82) is 0 Å². The van der Waals surface area contributed by atoms with Crippen LogP contribution in [0.5, 0.6) is 0 Å². The summed E-state index contributed by atoms with van der Waals surface area (Å²) in [5.74, 6) is 0.542. The van der Waals surface area contributed by atoms with E-state index in [2.05, 4.69) is 16.9 Å². The van der Waals surface area contributed by atoms with E-state index in [0.29, 0.717) is 15.9 Å². The van der Waals surface area contributed by atoms with Gasteiger partial charge in [0.15, 0.2) is 0 Å². The Morgan fingerprint density at radius 1 is 1.47 bits per heavy atom. The van der Waals surface area contributed by atoms with Crippen LogP contribution in [0.4, 0.5) is 5.82 Å². The molecule has 82 valence electrons. The van der Waals surface area contributed by atoms with E-state index in [1.54, 1.807) is 6.07 Å². The first kappa shape index (κ1) is 12.6. The summed E-state index contributed by atoms with van der Waals surface area (Å²) in [4.78, 5) is 4.05. The lowest BCUT2D eigenvalue weighted by Crippen LogP contribution is -2.15. The predicted octanol–water partition coefficient (Wildman–Crippen LogP) is 4.42. The molecule has 0 amide bonds. The number of hydrogen-bond acceptors (Lipinski definition) is 2. The smallest absolute Gasteiger partial charge is 0.150 e. The molecule has 5 heteroatoms. The number of nitrogens with one attached hydrogen (secondary N) is 1. The van der Waals surface area contributed by atoms with E-state index < -0.39 is 0 Å². The molecule has 0 aliphatic rings. The van der Waals surface area contributed by atoms with Gasteiger partial charge < -0.3 is 5.32 Å². The van der Waals surface area contributed by atoms with Gasteiger partial charge >= 0.3 is 0 Å². The van der Waals surface area contributed by atoms with Crippen molar-refractivity contribution in [2.75, 3.05) is 5.32 Å². The van der Waals surface area contributed by atoms with E-state index in [1.165, 1.54) is 0 Å². The Hall–Kier alpha value is -0.440. The molecular formula is C10H11Cl3N2. The lowest BCUT2D eigenvalue weighted by atomic mass is 10.2. The Labute approximate surface area is 104 Å². The molecule has 0 saturated heterocycles. The molecule has 1 N–H and O–H groups in total. The summed E-state index contributed by atoms with van der Waals surface area (Å²) in [6, 6.07) is 1.77. The monoisotopic (exact) mass is 264 g/mol. The maximum Gasteiger partial charge on any atom is 0.150 e. The van der Waals surface area contributed by atoms with Crippen molar-refractivity contribution < 1.29 is 0 Å². The zero-order chi connectivity index (χ0) is 11.4. The zero-order valence-corrected chi connectivity index (χ0v) is 10.5. The van der Waals surface area contributed by atoms with E-state index in [1.807, 2.05) is 13.0 Å². The zero-order valence-electron chi connectivity index (χ0n) is 8.23. The summed E-state index contributed by atoms with van der Waals surface area (Å²) in [5.41, 5.74) is 0. The SMILES string of the molecule is C=CCC(C)Nc1nc(Cl)c(Cl)cc1Cl. The van der Waals surface area contributed by atoms with E-state index >= 15 is 0 Å². The minimum absolute atomic E-state index is 0.199. The fourth-order valence-electron chi connectivity index (χ4n) is 1.09. The third-order valence-electron chi connectivity index (χ3n) is 1.79. The summed E-state index contributed by atoms with van der Waals surface area (Å²) >= 11 is 17.5. The molecule has 0 spiro atoms. The van der Waals surface area contributed by atoms with Gasteiger partial charge in [0, 0.05) is 6.04 Å². The summed E-state index contributed by atoms with van der Waals surface area (Å²) in [5, 5.41) is 4.18. The highest BCUT2D eigenvalue weighted by Crippen LogP contribution is 2.29. The van der Waals surface area contributed by atoms with Gasteiger partial charge in [-0.3, -0.25) is 0 Å². The number of aromatic nitrogens is 1. The second kappa shape index (κ2) is 5.59. The third-order valence-corrected chi connectivity index (χ3v) is 2.75. The minimum Gasteiger partial charge on any atom is -0.366 e. The van der Waals surface area contributed by atoms with Gasteiger partial charge in [-0.15, -0.1) is 6.58 Å². The molecule has 1 rings (SSSR count). The van der Waals surface area contributed by atoms with Crippen molar-refractivity contribution >= 4 is 40.6 Å². The van der Waals surface area contributed by atoms with Crippen molar-refractivity contribution in [2.24, 2.45) is 0 Å². The molecule has 2 nitrogen and oxygen atoms in total. The molecule has 0 radical (unpaired) electrons. The number of rotatable bonds is 4. The Kier molecular flexibility index (Phi) is 4.71. The summed E-state index contributed by atoms with van der Waals surface area (Å²) in [7, 11) is 0. The third kappa shape index (κ3) is 3.56. The van der Waals surface area contributed by atoms with Crippen LogP contribution in [-0.2, 0) is 0 Å². The first-order chi connectivity index (χ1) is 7.04. The van der Waals surface area contributed by atoms with Crippen LogP contribution in [0.1, 0.15) is 13.3 Å². The van der Waals surface area contributed by atoms with Gasteiger partial charge in [0.25, 0.3) is 0 Å². The summed E-state index contributed by atoms with van der Waals surface area (Å²) in [6.45, 7) is 5.66. The predicted molar refractivity (Wildman–Crippen MR) is 67.2 cm³/mol. The highest BCUT2D eigenvalue weighted by atomic mass is 35.5. The van der Waals surface area contributed by atoms with Crippen LogP contribution in [0.2, 0.25) is 15.2 Å². The molecule has 1 aromatic heterocycles. The van der Waals surface area contributed by atoms with Gasteiger partial charge in [-0.25, -0.2) is 4.98 Å². The molecule has 1 atom stereocenters. The first-order valence-corrected chi connectivity index (χ1v) is 5.57. The Balaban J connectivity index is 2.85. The van der Waals surface area contributed by atoms with E-state index in [0.717, 1.165) is 6.42 Å². The highest BCUT2D eigenvalue weighted by molar-refractivity contribution is 6.42. The normalized spacial score (nSPS) is 12.3. The topological polar surface area (TPSA) is 24.9 Å². The molecule has 0 saturated carbocycles. The number of halogens is 3. The summed E-state index contributed by atoms with van der Waals surface area (Å²) in [6.07, 6.45) is 2.64. The molecular weight excluding hydrogens is 254 g/mol. The number of pyridine rings is 1. The van der Waals surface area contributed by atoms with Crippen LogP contribution in [0, 0.1) is 0 Å². The average Bonchev–Trinajstić information content (AvgIpc) is 2.14. The Morgan fingerprint density at radius 2 is 2.13 bits per heavy atom. The average molecular weight is 266 g/mol. The van der Waals surface area contributed by atoms with Gasteiger partial charge in [0.2, 0.25) is 0 Å². The van der Waals surface area contributed by atoms with Crippen molar-refractivity contribution in [2.45, 2.75) is 19.4 Å². The van der Waals surface area contributed by atoms with Gasteiger partial charge in [0.05, 0.1) is 10.0 Å². The van der Waals surface area contributed by atoms with Crippen LogP contribution in [-0.4, -0.2) is 11.0 Å². The van der Waals surface area contributed by atoms with Crippen LogP contribution >= 0.6 is 34.8 Å². The van der Waals surface area contributed by atoms with Gasteiger partial charge in [-0.05, 0) is 19.4 Å². The second-order valence-corrected chi connectivity index (χ2v) is 4.33.